The molecular formula is C17H14N2O3. The van der Waals surface area contributed by atoms with Gasteiger partial charge < -0.3 is 4.74 Å². The molecule has 0 saturated heterocycles. The van der Waals surface area contributed by atoms with Gasteiger partial charge in [-0.2, -0.15) is 5.26 Å². The van der Waals surface area contributed by atoms with Gasteiger partial charge in [-0.3, -0.25) is 10.1 Å². The number of methoxy groups -OCH3 is 1. The molecule has 0 unspecified atom stereocenters. The third-order valence-electron chi connectivity index (χ3n) is 3.29. The Morgan fingerprint density at radius 1 is 1.27 bits per heavy atom. The largest absolute Gasteiger partial charge is 0.497 e. The van der Waals surface area contributed by atoms with Crippen LogP contribution in [-0.2, 0) is 0 Å². The van der Waals surface area contributed by atoms with Crippen LogP contribution < -0.4 is 4.74 Å². The van der Waals surface area contributed by atoms with Crippen molar-refractivity contribution in [1.29, 1.82) is 5.26 Å². The summed E-state index contributed by atoms with van der Waals surface area (Å²) in [5.74, 6) is 0.753. The molecule has 0 aliphatic rings. The molecule has 0 aliphatic carbocycles. The average molecular weight is 294 g/mol. The molecule has 0 spiro atoms. The molecule has 0 N–H and O–H groups in total. The predicted molar refractivity (Wildman–Crippen MR) is 84.3 cm³/mol. The second kappa shape index (κ2) is 6.55. The van der Waals surface area contributed by atoms with E-state index in [2.05, 4.69) is 6.07 Å². The van der Waals surface area contributed by atoms with Gasteiger partial charge in [0.15, 0.2) is 0 Å². The molecule has 0 aromatic heterocycles. The van der Waals surface area contributed by atoms with Gasteiger partial charge in [0.1, 0.15) is 5.75 Å². The lowest BCUT2D eigenvalue weighted by Gasteiger charge is -2.05. The summed E-state index contributed by atoms with van der Waals surface area (Å²) < 4.78 is 5.15. The molecule has 2 aromatic rings. The van der Waals surface area contributed by atoms with E-state index >= 15 is 0 Å². The normalized spacial score (nSPS) is 10.9. The SMILES string of the molecule is COc1ccc(/C=C(/C#N)c2ccc([N+](=O)[O-])cc2)c(C)c1. The van der Waals surface area contributed by atoms with Crippen LogP contribution in [-0.4, -0.2) is 12.0 Å². The van der Waals surface area contributed by atoms with Crippen molar-refractivity contribution in [2.24, 2.45) is 0 Å². The molecule has 110 valence electrons. The third kappa shape index (κ3) is 3.30. The fourth-order valence-electron chi connectivity index (χ4n) is 2.04. The highest BCUT2D eigenvalue weighted by Gasteiger charge is 2.07. The first-order valence-corrected chi connectivity index (χ1v) is 6.56. The smallest absolute Gasteiger partial charge is 0.269 e. The highest BCUT2D eigenvalue weighted by molar-refractivity contribution is 5.90. The summed E-state index contributed by atoms with van der Waals surface area (Å²) in [6, 6.07) is 13.6. The van der Waals surface area contributed by atoms with Crippen molar-refractivity contribution in [3.8, 4) is 11.8 Å². The predicted octanol–water partition coefficient (Wildman–Crippen LogP) is 3.98. The fourth-order valence-corrected chi connectivity index (χ4v) is 2.04. The molecular weight excluding hydrogens is 280 g/mol. The maximum atomic E-state index is 10.7. The minimum atomic E-state index is -0.465. The molecule has 5 nitrogen and oxygen atoms in total. The van der Waals surface area contributed by atoms with Crippen molar-refractivity contribution in [3.05, 3.63) is 69.3 Å². The van der Waals surface area contributed by atoms with E-state index in [4.69, 9.17) is 4.74 Å². The lowest BCUT2D eigenvalue weighted by atomic mass is 10.0. The number of nitrogens with zero attached hydrogens (tertiary/aromatic N) is 2. The van der Waals surface area contributed by atoms with Crippen LogP contribution in [0.15, 0.2) is 42.5 Å². The van der Waals surface area contributed by atoms with Crippen molar-refractivity contribution in [2.45, 2.75) is 6.92 Å². The van der Waals surface area contributed by atoms with Crippen molar-refractivity contribution in [3.63, 3.8) is 0 Å². The van der Waals surface area contributed by atoms with Gasteiger partial charge in [-0.25, -0.2) is 0 Å². The van der Waals surface area contributed by atoms with Crippen LogP contribution in [0, 0.1) is 28.4 Å². The second-order valence-electron chi connectivity index (χ2n) is 4.70. The fraction of sp³-hybridized carbons (Fsp3) is 0.118. The summed E-state index contributed by atoms with van der Waals surface area (Å²) >= 11 is 0. The number of hydrogen-bond donors (Lipinski definition) is 0. The zero-order valence-electron chi connectivity index (χ0n) is 12.2. The van der Waals surface area contributed by atoms with Crippen molar-refractivity contribution >= 4 is 17.3 Å². The summed E-state index contributed by atoms with van der Waals surface area (Å²) in [6.45, 7) is 1.93. The quantitative estimate of drug-likeness (QED) is 0.370. The van der Waals surface area contributed by atoms with E-state index in [1.54, 1.807) is 25.3 Å². The van der Waals surface area contributed by atoms with Gasteiger partial charge in [-0.15, -0.1) is 0 Å². The number of nitriles is 1. The van der Waals surface area contributed by atoms with Crippen LogP contribution >= 0.6 is 0 Å². The summed E-state index contributed by atoms with van der Waals surface area (Å²) in [4.78, 5) is 10.2. The minimum absolute atomic E-state index is 0.00154. The molecule has 22 heavy (non-hydrogen) atoms. The summed E-state index contributed by atoms with van der Waals surface area (Å²) in [5.41, 5.74) is 2.97. The molecule has 0 saturated carbocycles. The Bertz CT molecular complexity index is 771. The first kappa shape index (κ1) is 15.3. The zero-order valence-corrected chi connectivity index (χ0v) is 12.2. The number of benzene rings is 2. The Hall–Kier alpha value is -3.13. The maximum Gasteiger partial charge on any atom is 0.269 e. The molecule has 2 rings (SSSR count). The Morgan fingerprint density at radius 2 is 1.95 bits per heavy atom. The molecule has 0 atom stereocenters. The van der Waals surface area contributed by atoms with Crippen molar-refractivity contribution in [2.75, 3.05) is 7.11 Å². The van der Waals surface area contributed by atoms with Crippen LogP contribution in [0.4, 0.5) is 5.69 Å². The molecule has 0 fully saturated rings. The van der Waals surface area contributed by atoms with Gasteiger partial charge in [0.05, 0.1) is 23.7 Å². The number of ether oxygens (including phenoxy) is 1. The van der Waals surface area contributed by atoms with Crippen LogP contribution in [0.1, 0.15) is 16.7 Å². The standard InChI is InChI=1S/C17H14N2O3/c1-12-9-17(22-2)8-5-14(12)10-15(11-18)13-3-6-16(7-4-13)19(20)21/h3-10H,1-2H3/b15-10-. The molecule has 5 heteroatoms. The van der Waals surface area contributed by atoms with E-state index in [1.165, 1.54) is 12.1 Å². The molecule has 0 heterocycles. The molecule has 0 bridgehead atoms. The van der Waals surface area contributed by atoms with E-state index in [0.29, 0.717) is 11.1 Å². The maximum absolute atomic E-state index is 10.7. The average Bonchev–Trinajstić information content (AvgIpc) is 2.53. The Balaban J connectivity index is 2.39. The van der Waals surface area contributed by atoms with E-state index in [1.807, 2.05) is 25.1 Å². The van der Waals surface area contributed by atoms with Crippen LogP contribution in [0.3, 0.4) is 0 Å². The first-order valence-electron chi connectivity index (χ1n) is 6.56. The van der Waals surface area contributed by atoms with Crippen LogP contribution in [0.5, 0.6) is 5.75 Å². The lowest BCUT2D eigenvalue weighted by Crippen LogP contribution is -1.89. The Kier molecular flexibility index (Phi) is 4.54. The topological polar surface area (TPSA) is 76.2 Å². The Labute approximate surface area is 128 Å². The highest BCUT2D eigenvalue weighted by atomic mass is 16.6. The number of nitro benzene ring substituents is 1. The monoisotopic (exact) mass is 294 g/mol. The van der Waals surface area contributed by atoms with Crippen molar-refractivity contribution in [1.82, 2.24) is 0 Å². The third-order valence-corrected chi connectivity index (χ3v) is 3.29. The number of nitro groups is 1. The summed E-state index contributed by atoms with van der Waals surface area (Å²) in [6.07, 6.45) is 1.76. The number of non-ortho nitro benzene ring substituents is 1. The highest BCUT2D eigenvalue weighted by Crippen LogP contribution is 2.24. The number of allylic oxidation sites excluding steroid dienone is 1. The molecule has 0 amide bonds. The van der Waals surface area contributed by atoms with E-state index in [9.17, 15) is 15.4 Å². The van der Waals surface area contributed by atoms with Gasteiger partial charge >= 0.3 is 0 Å². The Morgan fingerprint density at radius 3 is 2.45 bits per heavy atom. The van der Waals surface area contributed by atoms with E-state index in [-0.39, 0.29) is 5.69 Å². The van der Waals surface area contributed by atoms with Gasteiger partial charge in [0.25, 0.3) is 5.69 Å². The summed E-state index contributed by atoms with van der Waals surface area (Å²) in [7, 11) is 1.60. The van der Waals surface area contributed by atoms with Gasteiger partial charge in [-0.05, 0) is 54.0 Å². The summed E-state index contributed by atoms with van der Waals surface area (Å²) in [5, 5.41) is 20.0. The lowest BCUT2D eigenvalue weighted by molar-refractivity contribution is -0.384. The number of rotatable bonds is 4. The van der Waals surface area contributed by atoms with Crippen LogP contribution in [0.25, 0.3) is 11.6 Å². The van der Waals surface area contributed by atoms with E-state index < -0.39 is 4.92 Å². The number of aryl methyl sites for hydroxylation is 1. The second-order valence-corrected chi connectivity index (χ2v) is 4.70. The number of hydrogen-bond acceptors (Lipinski definition) is 4. The molecule has 0 radical (unpaired) electrons. The van der Waals surface area contributed by atoms with E-state index in [0.717, 1.165) is 16.9 Å². The van der Waals surface area contributed by atoms with Gasteiger partial charge in [-0.1, -0.05) is 6.07 Å². The van der Waals surface area contributed by atoms with Gasteiger partial charge in [0, 0.05) is 12.1 Å². The molecule has 2 aromatic carbocycles. The van der Waals surface area contributed by atoms with Gasteiger partial charge in [0.2, 0.25) is 0 Å². The zero-order chi connectivity index (χ0) is 16.1. The van der Waals surface area contributed by atoms with Crippen LogP contribution in [0.2, 0.25) is 0 Å². The molecule has 0 aliphatic heterocycles. The minimum Gasteiger partial charge on any atom is -0.497 e. The van der Waals surface area contributed by atoms with Crippen molar-refractivity contribution < 1.29 is 9.66 Å². The first-order chi connectivity index (χ1) is 10.5.